The van der Waals surface area contributed by atoms with E-state index in [1.807, 2.05) is 0 Å². The zero-order valence-electron chi connectivity index (χ0n) is 18.1. The molecule has 0 aromatic heterocycles. The van der Waals surface area contributed by atoms with E-state index in [4.69, 9.17) is 21.1 Å². The molecule has 2 heterocycles. The van der Waals surface area contributed by atoms with E-state index in [1.165, 1.54) is 12.1 Å². The lowest BCUT2D eigenvalue weighted by molar-refractivity contribution is -0.0742. The average Bonchev–Trinajstić information content (AvgIpc) is 2.95. The van der Waals surface area contributed by atoms with Gasteiger partial charge in [0.15, 0.2) is 0 Å². The largest absolute Gasteiger partial charge is 0.490 e. The first kappa shape index (κ1) is 23.3. The minimum Gasteiger partial charge on any atom is -0.490 e. The van der Waals surface area contributed by atoms with Crippen molar-refractivity contribution in [1.82, 2.24) is 4.90 Å². The van der Waals surface area contributed by atoms with Crippen molar-refractivity contribution in [1.29, 1.82) is 0 Å². The lowest BCUT2D eigenvalue weighted by Gasteiger charge is -2.42. The van der Waals surface area contributed by atoms with Gasteiger partial charge in [-0.05, 0) is 61.4 Å². The molecule has 8 heteroatoms. The third kappa shape index (κ3) is 6.11. The smallest absolute Gasteiger partial charge is 0.134 e. The predicted molar refractivity (Wildman–Crippen MR) is 122 cm³/mol. The van der Waals surface area contributed by atoms with E-state index in [-0.39, 0.29) is 19.0 Å². The number of ether oxygens (including phenoxy) is 2. The summed E-state index contributed by atoms with van der Waals surface area (Å²) in [5, 5.41) is 23.0. The summed E-state index contributed by atoms with van der Waals surface area (Å²) in [5.41, 5.74) is -1.06. The molecule has 0 amide bonds. The van der Waals surface area contributed by atoms with Crippen LogP contribution in [0.5, 0.6) is 5.75 Å². The average molecular weight is 465 g/mol. The van der Waals surface area contributed by atoms with Crippen LogP contribution >= 0.6 is 11.6 Å². The molecule has 0 radical (unpaired) electrons. The first-order chi connectivity index (χ1) is 15.3. The van der Waals surface area contributed by atoms with Crippen LogP contribution in [0.2, 0.25) is 5.02 Å². The second kappa shape index (κ2) is 9.93. The van der Waals surface area contributed by atoms with Gasteiger partial charge in [-0.1, -0.05) is 11.6 Å². The Morgan fingerprint density at radius 2 is 1.66 bits per heavy atom. The standard InChI is InChI=1S/C24H30ClFN2O4/c25-19-1-7-22(8-2-19)32-18-24(30)16-27(13-14-31-17-24)15-23(29)9-11-28(12-10-23)21-5-3-20(26)4-6-21/h1-8,29-30H,9-18H2/t24-/m0/s1. The van der Waals surface area contributed by atoms with E-state index in [0.29, 0.717) is 62.9 Å². The molecule has 2 aliphatic rings. The van der Waals surface area contributed by atoms with Gasteiger partial charge in [-0.25, -0.2) is 4.39 Å². The summed E-state index contributed by atoms with van der Waals surface area (Å²) in [6.45, 7) is 3.57. The Bertz CT molecular complexity index is 875. The van der Waals surface area contributed by atoms with Gasteiger partial charge in [-0.3, -0.25) is 4.90 Å². The van der Waals surface area contributed by atoms with Crippen LogP contribution < -0.4 is 9.64 Å². The number of anilines is 1. The molecule has 0 bridgehead atoms. The zero-order chi connectivity index (χ0) is 22.6. The van der Waals surface area contributed by atoms with Gasteiger partial charge in [0, 0.05) is 43.4 Å². The van der Waals surface area contributed by atoms with Crippen molar-refractivity contribution in [2.45, 2.75) is 24.0 Å². The molecule has 174 valence electrons. The Hall–Kier alpha value is -1.90. The van der Waals surface area contributed by atoms with E-state index in [9.17, 15) is 14.6 Å². The van der Waals surface area contributed by atoms with Gasteiger partial charge < -0.3 is 24.6 Å². The van der Waals surface area contributed by atoms with Crippen LogP contribution in [0, 0.1) is 5.82 Å². The highest BCUT2D eigenvalue weighted by Gasteiger charge is 2.39. The third-order valence-corrected chi connectivity index (χ3v) is 6.42. The molecule has 6 nitrogen and oxygen atoms in total. The highest BCUT2D eigenvalue weighted by Crippen LogP contribution is 2.28. The molecule has 2 N–H and O–H groups in total. The summed E-state index contributed by atoms with van der Waals surface area (Å²) in [5.74, 6) is 0.378. The fraction of sp³-hybridized carbons (Fsp3) is 0.500. The summed E-state index contributed by atoms with van der Waals surface area (Å²) in [7, 11) is 0. The van der Waals surface area contributed by atoms with Gasteiger partial charge in [-0.2, -0.15) is 0 Å². The zero-order valence-corrected chi connectivity index (χ0v) is 18.8. The molecule has 2 saturated heterocycles. The number of nitrogens with zero attached hydrogens (tertiary/aromatic N) is 2. The quantitative estimate of drug-likeness (QED) is 0.685. The minimum atomic E-state index is -1.18. The van der Waals surface area contributed by atoms with Crippen molar-refractivity contribution in [3.8, 4) is 5.75 Å². The predicted octanol–water partition coefficient (Wildman–Crippen LogP) is 2.95. The van der Waals surface area contributed by atoms with Crippen molar-refractivity contribution in [2.75, 3.05) is 57.4 Å². The highest BCUT2D eigenvalue weighted by atomic mass is 35.5. The van der Waals surface area contributed by atoms with Gasteiger partial charge in [-0.15, -0.1) is 0 Å². The summed E-state index contributed by atoms with van der Waals surface area (Å²) < 4.78 is 24.6. The number of aliphatic hydroxyl groups is 2. The molecule has 0 spiro atoms. The van der Waals surface area contributed by atoms with Crippen LogP contribution in [0.15, 0.2) is 48.5 Å². The Balaban J connectivity index is 1.32. The SMILES string of the molecule is OC1(CN2CCOC[C@](O)(COc3ccc(Cl)cc3)C2)CCN(c2ccc(F)cc2)CC1. The lowest BCUT2D eigenvalue weighted by Crippen LogP contribution is -2.55. The van der Waals surface area contributed by atoms with Gasteiger partial charge in [0.25, 0.3) is 0 Å². The summed E-state index contributed by atoms with van der Waals surface area (Å²) in [6, 6.07) is 13.5. The number of rotatable bonds is 6. The van der Waals surface area contributed by atoms with E-state index in [2.05, 4.69) is 9.80 Å². The van der Waals surface area contributed by atoms with Crippen molar-refractivity contribution in [3.63, 3.8) is 0 Å². The summed E-state index contributed by atoms with van der Waals surface area (Å²) in [4.78, 5) is 4.22. The molecule has 2 aliphatic heterocycles. The molecule has 0 unspecified atom stereocenters. The van der Waals surface area contributed by atoms with E-state index in [0.717, 1.165) is 5.69 Å². The lowest BCUT2D eigenvalue weighted by atomic mass is 9.90. The van der Waals surface area contributed by atoms with Crippen LogP contribution in [0.1, 0.15) is 12.8 Å². The topological polar surface area (TPSA) is 65.4 Å². The molecule has 0 saturated carbocycles. The number of halogens is 2. The summed E-state index contributed by atoms with van der Waals surface area (Å²) >= 11 is 5.91. The Morgan fingerprint density at radius 1 is 0.969 bits per heavy atom. The first-order valence-electron chi connectivity index (χ1n) is 11.0. The maximum atomic E-state index is 13.2. The first-order valence-corrected chi connectivity index (χ1v) is 11.3. The maximum Gasteiger partial charge on any atom is 0.134 e. The molecular weight excluding hydrogens is 435 g/mol. The van der Waals surface area contributed by atoms with Crippen LogP contribution in [0.3, 0.4) is 0 Å². The Kier molecular flexibility index (Phi) is 7.22. The second-order valence-corrected chi connectivity index (χ2v) is 9.35. The molecule has 2 aromatic carbocycles. The Labute approximate surface area is 193 Å². The van der Waals surface area contributed by atoms with Crippen molar-refractivity contribution in [2.24, 2.45) is 0 Å². The highest BCUT2D eigenvalue weighted by molar-refractivity contribution is 6.30. The van der Waals surface area contributed by atoms with Gasteiger partial charge >= 0.3 is 0 Å². The number of hydrogen-bond acceptors (Lipinski definition) is 6. The normalized spacial score (nSPS) is 24.2. The molecule has 1 atom stereocenters. The van der Waals surface area contributed by atoms with E-state index < -0.39 is 11.2 Å². The maximum absolute atomic E-state index is 13.2. The molecule has 0 aliphatic carbocycles. The number of benzene rings is 2. The van der Waals surface area contributed by atoms with E-state index in [1.54, 1.807) is 36.4 Å². The summed E-state index contributed by atoms with van der Waals surface area (Å²) in [6.07, 6.45) is 1.20. The van der Waals surface area contributed by atoms with Gasteiger partial charge in [0.2, 0.25) is 0 Å². The molecule has 2 fully saturated rings. The molecule has 4 rings (SSSR count). The van der Waals surface area contributed by atoms with Crippen LogP contribution in [-0.4, -0.2) is 78.9 Å². The number of piperidine rings is 1. The molecule has 2 aromatic rings. The number of β-amino-alcohol motifs (C(OH)–C–C–N with tert-alkyl or cyclic N) is 2. The fourth-order valence-electron chi connectivity index (χ4n) is 4.37. The van der Waals surface area contributed by atoms with Crippen LogP contribution in [-0.2, 0) is 4.74 Å². The Morgan fingerprint density at radius 3 is 2.34 bits per heavy atom. The third-order valence-electron chi connectivity index (χ3n) is 6.17. The number of hydrogen-bond donors (Lipinski definition) is 2. The van der Waals surface area contributed by atoms with E-state index >= 15 is 0 Å². The van der Waals surface area contributed by atoms with Gasteiger partial charge in [0.1, 0.15) is 23.8 Å². The van der Waals surface area contributed by atoms with Crippen LogP contribution in [0.4, 0.5) is 10.1 Å². The van der Waals surface area contributed by atoms with Crippen molar-refractivity contribution in [3.05, 3.63) is 59.4 Å². The minimum absolute atomic E-state index is 0.0852. The second-order valence-electron chi connectivity index (χ2n) is 8.92. The van der Waals surface area contributed by atoms with Crippen molar-refractivity contribution >= 4 is 17.3 Å². The van der Waals surface area contributed by atoms with Crippen molar-refractivity contribution < 1.29 is 24.1 Å². The van der Waals surface area contributed by atoms with Crippen LogP contribution in [0.25, 0.3) is 0 Å². The monoisotopic (exact) mass is 464 g/mol. The molecular formula is C24H30ClFN2O4. The fourth-order valence-corrected chi connectivity index (χ4v) is 4.50. The molecule has 32 heavy (non-hydrogen) atoms. The van der Waals surface area contributed by atoms with Gasteiger partial charge in [0.05, 0.1) is 18.8 Å².